The molecule has 1 heterocycles. The van der Waals surface area contributed by atoms with Crippen molar-refractivity contribution < 1.29 is 19.1 Å². The molecule has 0 saturated heterocycles. The summed E-state index contributed by atoms with van der Waals surface area (Å²) < 4.78 is 10.4. The molecule has 1 amide bonds. The Morgan fingerprint density at radius 3 is 2.68 bits per heavy atom. The van der Waals surface area contributed by atoms with Crippen molar-refractivity contribution >= 4 is 40.9 Å². The first kappa shape index (κ1) is 19.0. The number of halogens is 2. The second-order valence-corrected chi connectivity index (χ2v) is 6.05. The minimum atomic E-state index is -1.01. The topological polar surface area (TPSA) is 77.5 Å². The minimum absolute atomic E-state index is 0.306. The first-order valence-electron chi connectivity index (χ1n) is 7.36. The second kappa shape index (κ2) is 8.69. The number of esters is 1. The fraction of sp³-hybridized carbons (Fsp3) is 0.235. The summed E-state index contributed by atoms with van der Waals surface area (Å²) in [7, 11) is 0. The van der Waals surface area contributed by atoms with Crippen LogP contribution in [0.5, 0.6) is 5.75 Å². The summed E-state index contributed by atoms with van der Waals surface area (Å²) >= 11 is 11.7. The Balaban J connectivity index is 1.83. The monoisotopic (exact) mass is 382 g/mol. The van der Waals surface area contributed by atoms with Gasteiger partial charge >= 0.3 is 5.97 Å². The molecule has 0 radical (unpaired) electrons. The number of carbonyl (C=O) groups excluding carboxylic acids is 2. The van der Waals surface area contributed by atoms with Crippen LogP contribution in [0.3, 0.4) is 0 Å². The number of anilines is 1. The number of nitrogens with zero attached hydrogens (tertiary/aromatic N) is 1. The Hall–Kier alpha value is -2.31. The third kappa shape index (κ3) is 5.92. The molecule has 1 aromatic carbocycles. The lowest BCUT2D eigenvalue weighted by Gasteiger charge is -2.14. The van der Waals surface area contributed by atoms with E-state index in [1.165, 1.54) is 19.2 Å². The zero-order chi connectivity index (χ0) is 18.4. The van der Waals surface area contributed by atoms with Gasteiger partial charge in [-0.3, -0.25) is 4.79 Å². The SMILES string of the molecule is Cc1ccc(Cl)c(OCC(=O)O[C@H](C)C(=O)Nc2ccc(Cl)cn2)c1. The highest BCUT2D eigenvalue weighted by Crippen LogP contribution is 2.25. The molecule has 1 N–H and O–H groups in total. The van der Waals surface area contributed by atoms with Crippen LogP contribution in [0, 0.1) is 6.92 Å². The van der Waals surface area contributed by atoms with Gasteiger partial charge in [0, 0.05) is 6.20 Å². The summed E-state index contributed by atoms with van der Waals surface area (Å²) in [4.78, 5) is 27.7. The standard InChI is InChI=1S/C17H16Cl2N2O4/c1-10-3-5-13(19)14(7-10)24-9-16(22)25-11(2)17(23)21-15-6-4-12(18)8-20-15/h3-8,11H,9H2,1-2H3,(H,20,21,23)/t11-/m1/s1. The molecule has 0 saturated carbocycles. The van der Waals surface area contributed by atoms with Crippen molar-refractivity contribution in [2.75, 3.05) is 11.9 Å². The van der Waals surface area contributed by atoms with Crippen molar-refractivity contribution in [3.8, 4) is 5.75 Å². The first-order chi connectivity index (χ1) is 11.8. The largest absolute Gasteiger partial charge is 0.480 e. The Kier molecular flexibility index (Phi) is 6.61. The molecule has 0 fully saturated rings. The molecule has 0 aliphatic rings. The van der Waals surface area contributed by atoms with Crippen molar-refractivity contribution in [1.29, 1.82) is 0 Å². The van der Waals surface area contributed by atoms with Gasteiger partial charge in [0.05, 0.1) is 10.0 Å². The molecule has 8 heteroatoms. The summed E-state index contributed by atoms with van der Waals surface area (Å²) in [5.74, 6) is -0.526. The Bertz CT molecular complexity index is 766. The van der Waals surface area contributed by atoms with Crippen LogP contribution in [0.1, 0.15) is 12.5 Å². The van der Waals surface area contributed by atoms with E-state index in [1.54, 1.807) is 18.2 Å². The number of benzene rings is 1. The molecule has 0 bridgehead atoms. The van der Waals surface area contributed by atoms with Crippen LogP contribution in [0.4, 0.5) is 5.82 Å². The van der Waals surface area contributed by atoms with Crippen LogP contribution >= 0.6 is 23.2 Å². The number of pyridine rings is 1. The molecular weight excluding hydrogens is 367 g/mol. The first-order valence-corrected chi connectivity index (χ1v) is 8.11. The Labute approximate surface area is 155 Å². The van der Waals surface area contributed by atoms with Crippen LogP contribution in [0.2, 0.25) is 10.0 Å². The van der Waals surface area contributed by atoms with Crippen LogP contribution in [-0.4, -0.2) is 29.6 Å². The summed E-state index contributed by atoms with van der Waals surface area (Å²) in [6, 6.07) is 8.33. The molecule has 0 unspecified atom stereocenters. The maximum Gasteiger partial charge on any atom is 0.344 e. The van der Waals surface area contributed by atoms with E-state index in [0.717, 1.165) is 5.56 Å². The van der Waals surface area contributed by atoms with Gasteiger partial charge in [0.1, 0.15) is 11.6 Å². The Morgan fingerprint density at radius 2 is 2.00 bits per heavy atom. The van der Waals surface area contributed by atoms with E-state index in [1.807, 2.05) is 13.0 Å². The average molecular weight is 383 g/mol. The van der Waals surface area contributed by atoms with E-state index in [2.05, 4.69) is 10.3 Å². The van der Waals surface area contributed by atoms with Gasteiger partial charge in [-0.2, -0.15) is 0 Å². The third-order valence-corrected chi connectivity index (χ3v) is 3.62. The molecule has 2 aromatic rings. The van der Waals surface area contributed by atoms with Crippen LogP contribution in [0.15, 0.2) is 36.5 Å². The van der Waals surface area contributed by atoms with Gasteiger partial charge in [0.25, 0.3) is 5.91 Å². The predicted molar refractivity (Wildman–Crippen MR) is 95.1 cm³/mol. The highest BCUT2D eigenvalue weighted by atomic mass is 35.5. The molecule has 25 heavy (non-hydrogen) atoms. The van der Waals surface area contributed by atoms with Crippen molar-refractivity contribution in [3.05, 3.63) is 52.1 Å². The molecule has 6 nitrogen and oxygen atoms in total. The van der Waals surface area contributed by atoms with Gasteiger partial charge in [-0.05, 0) is 43.7 Å². The predicted octanol–water partition coefficient (Wildman–Crippen LogP) is 3.65. The van der Waals surface area contributed by atoms with E-state index in [9.17, 15) is 9.59 Å². The quantitative estimate of drug-likeness (QED) is 0.771. The summed E-state index contributed by atoms with van der Waals surface area (Å²) in [5, 5.41) is 3.35. The molecule has 0 aliphatic heterocycles. The van der Waals surface area contributed by atoms with Gasteiger partial charge in [-0.15, -0.1) is 0 Å². The fourth-order valence-corrected chi connectivity index (χ4v) is 2.10. The van der Waals surface area contributed by atoms with E-state index in [-0.39, 0.29) is 6.61 Å². The van der Waals surface area contributed by atoms with Gasteiger partial charge < -0.3 is 14.8 Å². The lowest BCUT2D eigenvalue weighted by Crippen LogP contribution is -2.31. The van der Waals surface area contributed by atoms with Crippen molar-refractivity contribution in [2.24, 2.45) is 0 Å². The van der Waals surface area contributed by atoms with Crippen molar-refractivity contribution in [3.63, 3.8) is 0 Å². The number of nitrogens with one attached hydrogen (secondary N) is 1. The minimum Gasteiger partial charge on any atom is -0.480 e. The lowest BCUT2D eigenvalue weighted by atomic mass is 10.2. The highest BCUT2D eigenvalue weighted by Gasteiger charge is 2.19. The molecule has 1 atom stereocenters. The molecule has 0 spiro atoms. The second-order valence-electron chi connectivity index (χ2n) is 5.21. The summed E-state index contributed by atoms with van der Waals surface area (Å²) in [6.07, 6.45) is 0.384. The summed E-state index contributed by atoms with van der Waals surface area (Å²) in [6.45, 7) is 2.96. The number of carbonyl (C=O) groups is 2. The van der Waals surface area contributed by atoms with Crippen molar-refractivity contribution in [1.82, 2.24) is 4.98 Å². The zero-order valence-electron chi connectivity index (χ0n) is 13.6. The van der Waals surface area contributed by atoms with E-state index >= 15 is 0 Å². The fourth-order valence-electron chi connectivity index (χ4n) is 1.82. The Morgan fingerprint density at radius 1 is 1.24 bits per heavy atom. The number of aromatic nitrogens is 1. The average Bonchev–Trinajstić information content (AvgIpc) is 2.57. The molecule has 1 aromatic heterocycles. The van der Waals surface area contributed by atoms with Gasteiger partial charge in [0.2, 0.25) is 0 Å². The van der Waals surface area contributed by atoms with Crippen molar-refractivity contribution in [2.45, 2.75) is 20.0 Å². The van der Waals surface area contributed by atoms with E-state index < -0.39 is 18.0 Å². The summed E-state index contributed by atoms with van der Waals surface area (Å²) in [5.41, 5.74) is 0.941. The smallest absolute Gasteiger partial charge is 0.344 e. The maximum absolute atomic E-state index is 12.0. The van der Waals surface area contributed by atoms with Crippen LogP contribution in [0.25, 0.3) is 0 Å². The maximum atomic E-state index is 12.0. The van der Waals surface area contributed by atoms with Crippen LogP contribution in [-0.2, 0) is 14.3 Å². The van der Waals surface area contributed by atoms with Gasteiger partial charge in [0.15, 0.2) is 12.7 Å². The highest BCUT2D eigenvalue weighted by molar-refractivity contribution is 6.32. The number of hydrogen-bond donors (Lipinski definition) is 1. The van der Waals surface area contributed by atoms with E-state index in [4.69, 9.17) is 32.7 Å². The normalized spacial score (nSPS) is 11.5. The van der Waals surface area contributed by atoms with Gasteiger partial charge in [-0.1, -0.05) is 29.3 Å². The number of rotatable bonds is 6. The van der Waals surface area contributed by atoms with E-state index in [0.29, 0.717) is 21.6 Å². The number of amides is 1. The molecule has 0 aliphatic carbocycles. The number of aryl methyl sites for hydroxylation is 1. The zero-order valence-corrected chi connectivity index (χ0v) is 15.1. The number of ether oxygens (including phenoxy) is 2. The number of hydrogen-bond acceptors (Lipinski definition) is 5. The molecule has 132 valence electrons. The lowest BCUT2D eigenvalue weighted by molar-refractivity contribution is -0.155. The van der Waals surface area contributed by atoms with Crippen LogP contribution < -0.4 is 10.1 Å². The molecular formula is C17H16Cl2N2O4. The third-order valence-electron chi connectivity index (χ3n) is 3.09. The molecule has 2 rings (SSSR count). The van der Waals surface area contributed by atoms with Gasteiger partial charge in [-0.25, -0.2) is 9.78 Å².